The molecule has 0 aliphatic carbocycles. The van der Waals surface area contributed by atoms with Crippen LogP contribution in [-0.2, 0) is 0 Å². The number of hydrogen-bond acceptors (Lipinski definition) is 3. The van der Waals surface area contributed by atoms with Crippen molar-refractivity contribution in [2.45, 2.75) is 38.1 Å². The molecular formula is C15H19N3O. The minimum absolute atomic E-state index is 0.231. The van der Waals surface area contributed by atoms with Crippen LogP contribution in [-0.4, -0.2) is 28.1 Å². The van der Waals surface area contributed by atoms with Crippen LogP contribution in [0.1, 0.15) is 43.0 Å². The summed E-state index contributed by atoms with van der Waals surface area (Å²) < 4.78 is 0. The summed E-state index contributed by atoms with van der Waals surface area (Å²) in [5, 5.41) is 11.3. The van der Waals surface area contributed by atoms with Crippen molar-refractivity contribution in [3.05, 3.63) is 30.0 Å². The molecule has 1 aromatic heterocycles. The molecule has 1 saturated heterocycles. The number of nitrogens with zero attached hydrogens (tertiary/aromatic N) is 1. The maximum atomic E-state index is 12.8. The normalized spacial score (nSPS) is 23.0. The summed E-state index contributed by atoms with van der Waals surface area (Å²) in [6.45, 7) is 3.08. The Bertz CT molecular complexity index is 596. The maximum absolute atomic E-state index is 12.8. The minimum atomic E-state index is -0.341. The molecule has 3 rings (SSSR count). The van der Waals surface area contributed by atoms with Gasteiger partial charge in [0.1, 0.15) is 0 Å². The molecule has 0 spiro atoms. The second-order valence-electron chi connectivity index (χ2n) is 5.36. The van der Waals surface area contributed by atoms with E-state index in [9.17, 15) is 4.79 Å². The number of rotatable bonds is 4. The van der Waals surface area contributed by atoms with Crippen LogP contribution in [0, 0.1) is 0 Å². The Hall–Kier alpha value is -1.68. The van der Waals surface area contributed by atoms with Crippen molar-refractivity contribution in [3.8, 4) is 0 Å². The van der Waals surface area contributed by atoms with Gasteiger partial charge < -0.3 is 5.32 Å². The van der Waals surface area contributed by atoms with E-state index in [1.807, 2.05) is 18.2 Å². The van der Waals surface area contributed by atoms with Crippen molar-refractivity contribution in [2.75, 3.05) is 6.54 Å². The number of carbonyl (C=O) groups excluding carboxylic acids is 1. The number of H-pyrrole nitrogens is 1. The third kappa shape index (κ3) is 2.06. The lowest BCUT2D eigenvalue weighted by Crippen LogP contribution is -2.47. The third-order valence-corrected chi connectivity index (χ3v) is 4.06. The molecule has 0 bridgehead atoms. The number of aromatic amines is 1. The molecule has 1 unspecified atom stereocenters. The fourth-order valence-corrected chi connectivity index (χ4v) is 3.11. The van der Waals surface area contributed by atoms with Crippen molar-refractivity contribution in [2.24, 2.45) is 0 Å². The zero-order valence-electron chi connectivity index (χ0n) is 11.2. The SMILES string of the molecule is CCCC1(C(=O)c2ccc3[nH]ncc3c2)CCCN1. The van der Waals surface area contributed by atoms with Crippen LogP contribution in [0.5, 0.6) is 0 Å². The third-order valence-electron chi connectivity index (χ3n) is 4.06. The number of nitrogens with one attached hydrogen (secondary N) is 2. The summed E-state index contributed by atoms with van der Waals surface area (Å²) in [6.07, 6.45) is 5.73. The van der Waals surface area contributed by atoms with Crippen LogP contribution in [0.3, 0.4) is 0 Å². The van der Waals surface area contributed by atoms with Crippen LogP contribution in [0.2, 0.25) is 0 Å². The van der Waals surface area contributed by atoms with Crippen molar-refractivity contribution < 1.29 is 4.79 Å². The summed E-state index contributed by atoms with van der Waals surface area (Å²) >= 11 is 0. The standard InChI is InChI=1S/C15H19N3O/c1-2-6-15(7-3-8-16-15)14(19)11-4-5-13-12(9-11)10-17-18-13/h4-5,9-10,16H,2-3,6-8H2,1H3,(H,17,18). The Balaban J connectivity index is 1.97. The lowest BCUT2D eigenvalue weighted by Gasteiger charge is -2.27. The minimum Gasteiger partial charge on any atom is -0.305 e. The van der Waals surface area contributed by atoms with Crippen molar-refractivity contribution in [1.82, 2.24) is 15.5 Å². The fraction of sp³-hybridized carbons (Fsp3) is 0.467. The van der Waals surface area contributed by atoms with Gasteiger partial charge in [0.05, 0.1) is 17.3 Å². The van der Waals surface area contributed by atoms with Gasteiger partial charge in [0, 0.05) is 10.9 Å². The first kappa shape index (κ1) is 12.4. The molecule has 2 heterocycles. The van der Waals surface area contributed by atoms with E-state index in [2.05, 4.69) is 22.4 Å². The van der Waals surface area contributed by atoms with Gasteiger partial charge >= 0.3 is 0 Å². The second-order valence-corrected chi connectivity index (χ2v) is 5.36. The van der Waals surface area contributed by atoms with E-state index >= 15 is 0 Å². The second kappa shape index (κ2) is 4.78. The Labute approximate surface area is 112 Å². The molecule has 1 aromatic carbocycles. The van der Waals surface area contributed by atoms with E-state index in [1.54, 1.807) is 6.20 Å². The lowest BCUT2D eigenvalue weighted by atomic mass is 9.84. The highest BCUT2D eigenvalue weighted by Crippen LogP contribution is 2.29. The summed E-state index contributed by atoms with van der Waals surface area (Å²) in [5.41, 5.74) is 1.42. The summed E-state index contributed by atoms with van der Waals surface area (Å²) in [4.78, 5) is 12.8. The van der Waals surface area contributed by atoms with Crippen LogP contribution < -0.4 is 5.32 Å². The fourth-order valence-electron chi connectivity index (χ4n) is 3.11. The molecule has 1 aliphatic rings. The average molecular weight is 257 g/mol. The molecule has 2 N–H and O–H groups in total. The predicted octanol–water partition coefficient (Wildman–Crippen LogP) is 2.67. The first-order valence-corrected chi connectivity index (χ1v) is 6.98. The van der Waals surface area contributed by atoms with Gasteiger partial charge in [-0.1, -0.05) is 13.3 Å². The number of hydrogen-bond donors (Lipinski definition) is 2. The van der Waals surface area contributed by atoms with Gasteiger partial charge in [-0.25, -0.2) is 0 Å². The molecule has 1 aliphatic heterocycles. The molecule has 4 nitrogen and oxygen atoms in total. The van der Waals surface area contributed by atoms with Crippen LogP contribution in [0.25, 0.3) is 10.9 Å². The highest BCUT2D eigenvalue weighted by atomic mass is 16.1. The van der Waals surface area contributed by atoms with Gasteiger partial charge in [-0.2, -0.15) is 5.10 Å². The number of carbonyl (C=O) groups is 1. The Morgan fingerprint density at radius 3 is 3.11 bits per heavy atom. The molecule has 2 aromatic rings. The molecule has 1 fully saturated rings. The highest BCUT2D eigenvalue weighted by molar-refractivity contribution is 6.05. The molecular weight excluding hydrogens is 238 g/mol. The quantitative estimate of drug-likeness (QED) is 0.828. The first-order chi connectivity index (χ1) is 9.25. The van der Waals surface area contributed by atoms with E-state index in [0.717, 1.165) is 48.7 Å². The molecule has 4 heteroatoms. The molecule has 100 valence electrons. The van der Waals surface area contributed by atoms with E-state index < -0.39 is 0 Å². The first-order valence-electron chi connectivity index (χ1n) is 6.98. The Kier molecular flexibility index (Phi) is 3.11. The summed E-state index contributed by atoms with van der Waals surface area (Å²) in [7, 11) is 0. The number of Topliss-reactive ketones (excluding diaryl/α,β-unsaturated/α-hetero) is 1. The smallest absolute Gasteiger partial charge is 0.182 e. The van der Waals surface area contributed by atoms with Gasteiger partial charge in [-0.3, -0.25) is 9.89 Å². The molecule has 19 heavy (non-hydrogen) atoms. The van der Waals surface area contributed by atoms with Crippen molar-refractivity contribution in [3.63, 3.8) is 0 Å². The average Bonchev–Trinajstić information content (AvgIpc) is 3.06. The van der Waals surface area contributed by atoms with Gasteiger partial charge in [0.25, 0.3) is 0 Å². The number of aromatic nitrogens is 2. The largest absolute Gasteiger partial charge is 0.305 e. The van der Waals surface area contributed by atoms with E-state index in [-0.39, 0.29) is 11.3 Å². The van der Waals surface area contributed by atoms with Crippen LogP contribution in [0.15, 0.2) is 24.4 Å². The van der Waals surface area contributed by atoms with Gasteiger partial charge in [-0.15, -0.1) is 0 Å². The molecule has 1 atom stereocenters. The van der Waals surface area contributed by atoms with E-state index in [1.165, 1.54) is 0 Å². The molecule has 0 radical (unpaired) electrons. The van der Waals surface area contributed by atoms with Gasteiger partial charge in [-0.05, 0) is 44.0 Å². The number of ketones is 1. The van der Waals surface area contributed by atoms with E-state index in [4.69, 9.17) is 0 Å². The Morgan fingerprint density at radius 1 is 1.47 bits per heavy atom. The summed E-state index contributed by atoms with van der Waals surface area (Å²) in [5.74, 6) is 0.231. The van der Waals surface area contributed by atoms with Gasteiger partial charge in [0.15, 0.2) is 5.78 Å². The topological polar surface area (TPSA) is 57.8 Å². The van der Waals surface area contributed by atoms with Gasteiger partial charge in [0.2, 0.25) is 0 Å². The lowest BCUT2D eigenvalue weighted by molar-refractivity contribution is 0.0858. The van der Waals surface area contributed by atoms with Crippen molar-refractivity contribution in [1.29, 1.82) is 0 Å². The molecule has 0 saturated carbocycles. The number of fused-ring (bicyclic) bond motifs is 1. The summed E-state index contributed by atoms with van der Waals surface area (Å²) in [6, 6.07) is 5.78. The van der Waals surface area contributed by atoms with Crippen LogP contribution in [0.4, 0.5) is 0 Å². The molecule has 0 amide bonds. The predicted molar refractivity (Wildman–Crippen MR) is 75.3 cm³/mol. The maximum Gasteiger partial charge on any atom is 0.182 e. The Morgan fingerprint density at radius 2 is 2.37 bits per heavy atom. The van der Waals surface area contributed by atoms with Crippen LogP contribution >= 0.6 is 0 Å². The van der Waals surface area contributed by atoms with E-state index in [0.29, 0.717) is 0 Å². The highest BCUT2D eigenvalue weighted by Gasteiger charge is 2.40. The number of benzene rings is 1. The zero-order chi connectivity index (χ0) is 13.3. The monoisotopic (exact) mass is 257 g/mol. The zero-order valence-corrected chi connectivity index (χ0v) is 11.2. The van der Waals surface area contributed by atoms with Crippen molar-refractivity contribution >= 4 is 16.7 Å².